The molecule has 0 aromatic carbocycles. The van der Waals surface area contributed by atoms with Gasteiger partial charge in [0.15, 0.2) is 11.5 Å². The summed E-state index contributed by atoms with van der Waals surface area (Å²) in [6, 6.07) is 4.04. The van der Waals surface area contributed by atoms with Crippen LogP contribution in [0.3, 0.4) is 0 Å². The molecule has 0 aliphatic heterocycles. The number of hydrogen-bond donors (Lipinski definition) is 1. The zero-order chi connectivity index (χ0) is 18.6. The van der Waals surface area contributed by atoms with Crippen molar-refractivity contribution >= 4 is 11.6 Å². The van der Waals surface area contributed by atoms with Crippen LogP contribution in [0.1, 0.15) is 57.1 Å². The molecular formula is C19H24N6O2. The summed E-state index contributed by atoms with van der Waals surface area (Å²) in [5.74, 6) is 1.70. The highest BCUT2D eigenvalue weighted by Crippen LogP contribution is 2.23. The van der Waals surface area contributed by atoms with Crippen molar-refractivity contribution in [3.05, 3.63) is 30.0 Å². The fourth-order valence-electron chi connectivity index (χ4n) is 3.61. The van der Waals surface area contributed by atoms with E-state index in [9.17, 15) is 4.79 Å². The van der Waals surface area contributed by atoms with E-state index in [0.29, 0.717) is 23.2 Å². The maximum atomic E-state index is 12.4. The molecule has 0 saturated heterocycles. The minimum atomic E-state index is -0.00961. The SMILES string of the molecule is CCCc1noc(-c2cccn3c(CC(=O)NC4CCCCC4)nnc23)n1. The van der Waals surface area contributed by atoms with Crippen LogP contribution in [0.5, 0.6) is 0 Å². The van der Waals surface area contributed by atoms with Gasteiger partial charge in [-0.2, -0.15) is 4.98 Å². The van der Waals surface area contributed by atoms with E-state index < -0.39 is 0 Å². The van der Waals surface area contributed by atoms with Gasteiger partial charge in [0.05, 0.1) is 12.0 Å². The van der Waals surface area contributed by atoms with Gasteiger partial charge in [0.1, 0.15) is 5.82 Å². The van der Waals surface area contributed by atoms with Gasteiger partial charge in [0.2, 0.25) is 5.91 Å². The number of rotatable bonds is 6. The van der Waals surface area contributed by atoms with Crippen molar-refractivity contribution in [3.8, 4) is 11.5 Å². The van der Waals surface area contributed by atoms with Crippen molar-refractivity contribution < 1.29 is 9.32 Å². The van der Waals surface area contributed by atoms with E-state index in [4.69, 9.17) is 4.52 Å². The number of nitrogens with zero attached hydrogens (tertiary/aromatic N) is 5. The molecule has 0 radical (unpaired) electrons. The number of nitrogens with one attached hydrogen (secondary N) is 1. The second-order valence-electron chi connectivity index (χ2n) is 7.08. The Kier molecular flexibility index (Phi) is 5.13. The molecule has 0 spiro atoms. The predicted molar refractivity (Wildman–Crippen MR) is 99.0 cm³/mol. The Hall–Kier alpha value is -2.77. The van der Waals surface area contributed by atoms with Gasteiger partial charge in [-0.25, -0.2) is 0 Å². The first-order valence-corrected chi connectivity index (χ1v) is 9.69. The molecule has 3 aromatic rings. The first-order valence-electron chi connectivity index (χ1n) is 9.69. The Morgan fingerprint density at radius 2 is 2.15 bits per heavy atom. The quantitative estimate of drug-likeness (QED) is 0.718. The summed E-state index contributed by atoms with van der Waals surface area (Å²) < 4.78 is 7.20. The summed E-state index contributed by atoms with van der Waals surface area (Å²) in [6.07, 6.45) is 9.54. The third-order valence-electron chi connectivity index (χ3n) is 4.97. The lowest BCUT2D eigenvalue weighted by molar-refractivity contribution is -0.121. The largest absolute Gasteiger partial charge is 0.353 e. The number of fused-ring (bicyclic) bond motifs is 1. The van der Waals surface area contributed by atoms with Crippen LogP contribution in [-0.2, 0) is 17.6 Å². The molecule has 27 heavy (non-hydrogen) atoms. The lowest BCUT2D eigenvalue weighted by Gasteiger charge is -2.22. The Morgan fingerprint density at radius 1 is 1.30 bits per heavy atom. The molecule has 1 saturated carbocycles. The Labute approximate surface area is 157 Å². The molecule has 0 bridgehead atoms. The third-order valence-corrected chi connectivity index (χ3v) is 4.97. The summed E-state index contributed by atoms with van der Waals surface area (Å²) in [6.45, 7) is 2.07. The van der Waals surface area contributed by atoms with Crippen molar-refractivity contribution in [2.75, 3.05) is 0 Å². The molecule has 3 heterocycles. The maximum Gasteiger partial charge on any atom is 0.261 e. The van der Waals surface area contributed by atoms with E-state index >= 15 is 0 Å². The summed E-state index contributed by atoms with van der Waals surface area (Å²) in [4.78, 5) is 16.8. The predicted octanol–water partition coefficient (Wildman–Crippen LogP) is 2.72. The highest BCUT2D eigenvalue weighted by Gasteiger charge is 2.19. The molecule has 1 aliphatic carbocycles. The molecule has 4 rings (SSSR count). The van der Waals surface area contributed by atoms with Gasteiger partial charge in [0, 0.05) is 18.7 Å². The average molecular weight is 368 g/mol. The zero-order valence-electron chi connectivity index (χ0n) is 15.5. The van der Waals surface area contributed by atoms with Gasteiger partial charge in [-0.1, -0.05) is 31.3 Å². The second kappa shape index (κ2) is 7.85. The van der Waals surface area contributed by atoms with E-state index in [1.54, 1.807) is 0 Å². The summed E-state index contributed by atoms with van der Waals surface area (Å²) >= 11 is 0. The van der Waals surface area contributed by atoms with Crippen LogP contribution in [0.25, 0.3) is 17.1 Å². The van der Waals surface area contributed by atoms with Gasteiger partial charge in [0.25, 0.3) is 5.89 Å². The third kappa shape index (κ3) is 3.84. The Balaban J connectivity index is 1.53. The fraction of sp³-hybridized carbons (Fsp3) is 0.526. The minimum Gasteiger partial charge on any atom is -0.353 e. The summed E-state index contributed by atoms with van der Waals surface area (Å²) in [7, 11) is 0. The molecule has 1 fully saturated rings. The fourth-order valence-corrected chi connectivity index (χ4v) is 3.61. The average Bonchev–Trinajstić information content (AvgIpc) is 3.30. The molecule has 1 N–H and O–H groups in total. The Morgan fingerprint density at radius 3 is 2.96 bits per heavy atom. The molecular weight excluding hydrogens is 344 g/mol. The topological polar surface area (TPSA) is 98.2 Å². The minimum absolute atomic E-state index is 0.00961. The van der Waals surface area contributed by atoms with E-state index in [2.05, 4.69) is 32.6 Å². The first-order chi connectivity index (χ1) is 13.2. The Bertz CT molecular complexity index is 925. The van der Waals surface area contributed by atoms with Crippen LogP contribution >= 0.6 is 0 Å². The molecule has 3 aromatic heterocycles. The zero-order valence-corrected chi connectivity index (χ0v) is 15.5. The smallest absolute Gasteiger partial charge is 0.261 e. The van der Waals surface area contributed by atoms with Gasteiger partial charge in [-0.3, -0.25) is 9.20 Å². The number of carbonyl (C=O) groups is 1. The highest BCUT2D eigenvalue weighted by molar-refractivity contribution is 5.79. The number of aryl methyl sites for hydroxylation is 1. The van der Waals surface area contributed by atoms with E-state index in [-0.39, 0.29) is 18.4 Å². The second-order valence-corrected chi connectivity index (χ2v) is 7.08. The van der Waals surface area contributed by atoms with Crippen LogP contribution in [0.15, 0.2) is 22.9 Å². The highest BCUT2D eigenvalue weighted by atomic mass is 16.5. The van der Waals surface area contributed by atoms with Crippen molar-refractivity contribution in [1.29, 1.82) is 0 Å². The number of hydrogen-bond acceptors (Lipinski definition) is 6. The molecule has 0 atom stereocenters. The number of amides is 1. The van der Waals surface area contributed by atoms with Gasteiger partial charge >= 0.3 is 0 Å². The van der Waals surface area contributed by atoms with E-state index in [0.717, 1.165) is 31.2 Å². The monoisotopic (exact) mass is 368 g/mol. The van der Waals surface area contributed by atoms with Gasteiger partial charge < -0.3 is 9.84 Å². The van der Waals surface area contributed by atoms with Gasteiger partial charge in [-0.15, -0.1) is 10.2 Å². The standard InChI is InChI=1S/C19H24N6O2/c1-2-7-15-21-19(27-24-15)14-10-6-11-25-16(22-23-18(14)25)12-17(26)20-13-8-4-3-5-9-13/h6,10-11,13H,2-5,7-9,12H2,1H3,(H,20,26). The lowest BCUT2D eigenvalue weighted by atomic mass is 9.95. The molecule has 0 unspecified atom stereocenters. The van der Waals surface area contributed by atoms with Crippen LogP contribution in [0, 0.1) is 0 Å². The molecule has 8 nitrogen and oxygen atoms in total. The van der Waals surface area contributed by atoms with Crippen molar-refractivity contribution in [1.82, 2.24) is 30.1 Å². The summed E-state index contributed by atoms with van der Waals surface area (Å²) in [5.41, 5.74) is 1.34. The van der Waals surface area contributed by atoms with E-state index in [1.165, 1.54) is 19.3 Å². The molecule has 1 amide bonds. The maximum absolute atomic E-state index is 12.4. The normalized spacial score (nSPS) is 15.3. The summed E-state index contributed by atoms with van der Waals surface area (Å²) in [5, 5.41) is 15.6. The van der Waals surface area contributed by atoms with Crippen molar-refractivity contribution in [2.45, 2.75) is 64.3 Å². The van der Waals surface area contributed by atoms with Crippen LogP contribution in [0.2, 0.25) is 0 Å². The van der Waals surface area contributed by atoms with Crippen LogP contribution < -0.4 is 5.32 Å². The van der Waals surface area contributed by atoms with Crippen LogP contribution in [0.4, 0.5) is 0 Å². The van der Waals surface area contributed by atoms with Crippen molar-refractivity contribution in [3.63, 3.8) is 0 Å². The van der Waals surface area contributed by atoms with Crippen molar-refractivity contribution in [2.24, 2.45) is 0 Å². The van der Waals surface area contributed by atoms with Crippen LogP contribution in [-0.4, -0.2) is 36.7 Å². The molecule has 142 valence electrons. The van der Waals surface area contributed by atoms with E-state index in [1.807, 2.05) is 22.7 Å². The lowest BCUT2D eigenvalue weighted by Crippen LogP contribution is -2.37. The number of pyridine rings is 1. The van der Waals surface area contributed by atoms with Gasteiger partial charge in [-0.05, 0) is 31.4 Å². The molecule has 1 aliphatic rings. The number of aromatic nitrogens is 5. The first kappa shape index (κ1) is 17.6. The number of carbonyl (C=O) groups excluding carboxylic acids is 1. The molecule has 8 heteroatoms.